The summed E-state index contributed by atoms with van der Waals surface area (Å²) >= 11 is 0. The maximum atomic E-state index is 10.7. The number of carbonyl (C=O) groups is 1. The van der Waals surface area contributed by atoms with Crippen molar-refractivity contribution in [1.29, 1.82) is 0 Å². The Morgan fingerprint density at radius 1 is 1.80 bits per heavy atom. The molecular formula is C6H9N3O. The van der Waals surface area contributed by atoms with Crippen LogP contribution in [0.25, 0.3) is 0 Å². The molecule has 0 radical (unpaired) electrons. The summed E-state index contributed by atoms with van der Waals surface area (Å²) in [6.07, 6.45) is 1.42. The summed E-state index contributed by atoms with van der Waals surface area (Å²) in [7, 11) is 0. The minimum absolute atomic E-state index is 0.113. The Kier molecular flexibility index (Phi) is 1.45. The first-order valence-electron chi connectivity index (χ1n) is 2.93. The first kappa shape index (κ1) is 6.80. The van der Waals surface area contributed by atoms with Crippen molar-refractivity contribution in [3.8, 4) is 0 Å². The molecule has 0 aliphatic carbocycles. The highest BCUT2D eigenvalue weighted by Crippen LogP contribution is 2.06. The molecule has 1 aromatic rings. The van der Waals surface area contributed by atoms with Gasteiger partial charge in [-0.25, -0.2) is 4.98 Å². The molecule has 0 aromatic carbocycles. The first-order chi connectivity index (χ1) is 4.63. The number of anilines is 1. The number of nitrogen functional groups attached to an aromatic ring is 1. The lowest BCUT2D eigenvalue weighted by atomic mass is 10.5. The second-order valence-electron chi connectivity index (χ2n) is 2.10. The van der Waals surface area contributed by atoms with Crippen LogP contribution >= 0.6 is 0 Å². The second kappa shape index (κ2) is 2.13. The normalized spacial score (nSPS) is 9.80. The fourth-order valence-corrected chi connectivity index (χ4v) is 0.698. The number of carbonyl (C=O) groups excluding carboxylic acids is 1. The van der Waals surface area contributed by atoms with Crippen LogP contribution in [0.4, 0.5) is 5.82 Å². The highest BCUT2D eigenvalue weighted by atomic mass is 16.1. The van der Waals surface area contributed by atoms with E-state index in [0.717, 1.165) is 0 Å². The number of imidazole rings is 1. The third-order valence-corrected chi connectivity index (χ3v) is 1.34. The monoisotopic (exact) mass is 139 g/mol. The topological polar surface area (TPSA) is 60.9 Å². The van der Waals surface area contributed by atoms with Gasteiger partial charge in [0, 0.05) is 6.92 Å². The zero-order valence-electron chi connectivity index (χ0n) is 5.96. The number of rotatable bonds is 0. The van der Waals surface area contributed by atoms with Crippen LogP contribution in [0.15, 0.2) is 6.33 Å². The van der Waals surface area contributed by atoms with E-state index in [1.165, 1.54) is 17.8 Å². The number of aryl methyl sites for hydroxylation is 1. The molecule has 1 aromatic heterocycles. The number of aromatic nitrogens is 2. The Bertz CT molecular complexity index is 264. The van der Waals surface area contributed by atoms with Gasteiger partial charge in [-0.1, -0.05) is 0 Å². The lowest BCUT2D eigenvalue weighted by Crippen LogP contribution is -2.07. The number of hydrogen-bond acceptors (Lipinski definition) is 3. The van der Waals surface area contributed by atoms with Crippen LogP contribution in [0.1, 0.15) is 17.4 Å². The van der Waals surface area contributed by atoms with Crippen LogP contribution in [0.5, 0.6) is 0 Å². The molecule has 4 heteroatoms. The van der Waals surface area contributed by atoms with Crippen molar-refractivity contribution >= 4 is 11.7 Å². The lowest BCUT2D eigenvalue weighted by Gasteiger charge is -1.96. The molecule has 0 aliphatic rings. The average Bonchev–Trinajstić information content (AvgIpc) is 2.14. The summed E-state index contributed by atoms with van der Waals surface area (Å²) in [6, 6.07) is 0. The number of nitrogens with two attached hydrogens (primary N) is 1. The van der Waals surface area contributed by atoms with Gasteiger partial charge in [-0.2, -0.15) is 0 Å². The van der Waals surface area contributed by atoms with Crippen molar-refractivity contribution in [1.82, 2.24) is 9.55 Å². The van der Waals surface area contributed by atoms with Crippen LogP contribution in [-0.2, 0) is 0 Å². The van der Waals surface area contributed by atoms with E-state index in [9.17, 15) is 4.79 Å². The predicted octanol–water partition coefficient (Wildman–Crippen LogP) is 0.434. The molecule has 0 saturated carbocycles. The Morgan fingerprint density at radius 3 is 2.60 bits per heavy atom. The fraction of sp³-hybridized carbons (Fsp3) is 0.333. The van der Waals surface area contributed by atoms with Crippen LogP contribution in [-0.4, -0.2) is 15.5 Å². The Morgan fingerprint density at radius 2 is 2.40 bits per heavy atom. The zero-order chi connectivity index (χ0) is 7.72. The van der Waals surface area contributed by atoms with E-state index in [4.69, 9.17) is 5.73 Å². The van der Waals surface area contributed by atoms with Gasteiger partial charge in [0.15, 0.2) is 0 Å². The zero-order valence-corrected chi connectivity index (χ0v) is 5.96. The molecule has 4 nitrogen and oxygen atoms in total. The Hall–Kier alpha value is -1.32. The molecule has 0 spiro atoms. The predicted molar refractivity (Wildman–Crippen MR) is 37.7 cm³/mol. The summed E-state index contributed by atoms with van der Waals surface area (Å²) in [6.45, 7) is 3.20. The van der Waals surface area contributed by atoms with Crippen LogP contribution < -0.4 is 5.73 Å². The minimum atomic E-state index is -0.113. The van der Waals surface area contributed by atoms with E-state index >= 15 is 0 Å². The molecule has 54 valence electrons. The largest absolute Gasteiger partial charge is 0.383 e. The van der Waals surface area contributed by atoms with E-state index in [0.29, 0.717) is 11.5 Å². The smallest absolute Gasteiger partial charge is 0.230 e. The van der Waals surface area contributed by atoms with Gasteiger partial charge in [-0.05, 0) is 6.92 Å². The maximum absolute atomic E-state index is 10.7. The molecule has 1 rings (SSSR count). The Labute approximate surface area is 58.7 Å². The SMILES string of the molecule is CC(=O)n1cnc(C)c1N. The van der Waals surface area contributed by atoms with E-state index < -0.39 is 0 Å². The van der Waals surface area contributed by atoms with E-state index in [1.54, 1.807) is 6.92 Å². The molecular weight excluding hydrogens is 130 g/mol. The summed E-state index contributed by atoms with van der Waals surface area (Å²) < 4.78 is 1.31. The molecule has 0 saturated heterocycles. The molecule has 0 aliphatic heterocycles. The third kappa shape index (κ3) is 0.877. The van der Waals surface area contributed by atoms with Crippen molar-refractivity contribution < 1.29 is 4.79 Å². The molecule has 0 unspecified atom stereocenters. The van der Waals surface area contributed by atoms with Gasteiger partial charge in [0.25, 0.3) is 0 Å². The molecule has 0 amide bonds. The average molecular weight is 139 g/mol. The molecule has 0 bridgehead atoms. The van der Waals surface area contributed by atoms with Crippen LogP contribution in [0, 0.1) is 6.92 Å². The molecule has 10 heavy (non-hydrogen) atoms. The standard InChI is InChI=1S/C6H9N3O/c1-4-6(7)9(3-8-4)5(2)10/h3H,7H2,1-2H3. The van der Waals surface area contributed by atoms with Crippen molar-refractivity contribution in [2.75, 3.05) is 5.73 Å². The quantitative estimate of drug-likeness (QED) is 0.567. The van der Waals surface area contributed by atoms with E-state index in [-0.39, 0.29) is 5.91 Å². The van der Waals surface area contributed by atoms with Gasteiger partial charge in [-0.15, -0.1) is 0 Å². The number of nitrogens with zero attached hydrogens (tertiary/aromatic N) is 2. The van der Waals surface area contributed by atoms with Crippen LogP contribution in [0.2, 0.25) is 0 Å². The summed E-state index contributed by atoms with van der Waals surface area (Å²) in [5, 5.41) is 0. The highest BCUT2D eigenvalue weighted by Gasteiger charge is 2.04. The summed E-state index contributed by atoms with van der Waals surface area (Å²) in [5.41, 5.74) is 6.17. The van der Waals surface area contributed by atoms with Gasteiger partial charge >= 0.3 is 0 Å². The fourth-order valence-electron chi connectivity index (χ4n) is 0.698. The second-order valence-corrected chi connectivity index (χ2v) is 2.10. The van der Waals surface area contributed by atoms with Gasteiger partial charge in [0.1, 0.15) is 12.1 Å². The summed E-state index contributed by atoms with van der Waals surface area (Å²) in [4.78, 5) is 14.6. The van der Waals surface area contributed by atoms with E-state index in [1.807, 2.05) is 0 Å². The first-order valence-corrected chi connectivity index (χ1v) is 2.93. The van der Waals surface area contributed by atoms with Crippen molar-refractivity contribution in [2.24, 2.45) is 0 Å². The molecule has 2 N–H and O–H groups in total. The van der Waals surface area contributed by atoms with E-state index in [2.05, 4.69) is 4.98 Å². The van der Waals surface area contributed by atoms with Gasteiger partial charge < -0.3 is 5.73 Å². The van der Waals surface area contributed by atoms with Crippen molar-refractivity contribution in [2.45, 2.75) is 13.8 Å². The molecule has 0 atom stereocenters. The minimum Gasteiger partial charge on any atom is -0.383 e. The summed E-state index contributed by atoms with van der Waals surface area (Å²) in [5.74, 6) is 0.311. The Balaban J connectivity index is 3.17. The molecule has 1 heterocycles. The number of hydrogen-bond donors (Lipinski definition) is 1. The van der Waals surface area contributed by atoms with Gasteiger partial charge in [0.05, 0.1) is 5.69 Å². The van der Waals surface area contributed by atoms with Crippen molar-refractivity contribution in [3.05, 3.63) is 12.0 Å². The third-order valence-electron chi connectivity index (χ3n) is 1.34. The maximum Gasteiger partial charge on any atom is 0.230 e. The van der Waals surface area contributed by atoms with Gasteiger partial charge in [-0.3, -0.25) is 9.36 Å². The lowest BCUT2D eigenvalue weighted by molar-refractivity contribution is 0.0939. The molecule has 0 fully saturated rings. The highest BCUT2D eigenvalue weighted by molar-refractivity contribution is 5.79. The van der Waals surface area contributed by atoms with Crippen LogP contribution in [0.3, 0.4) is 0 Å². The van der Waals surface area contributed by atoms with Crippen molar-refractivity contribution in [3.63, 3.8) is 0 Å². The van der Waals surface area contributed by atoms with Gasteiger partial charge in [0.2, 0.25) is 5.91 Å².